The molecule has 0 aliphatic rings. The molecule has 0 saturated heterocycles. The van der Waals surface area contributed by atoms with E-state index in [0.29, 0.717) is 6.42 Å². The van der Waals surface area contributed by atoms with Gasteiger partial charge in [-0.25, -0.2) is 0 Å². The van der Waals surface area contributed by atoms with Crippen molar-refractivity contribution in [1.29, 1.82) is 0 Å². The zero-order valence-corrected chi connectivity index (χ0v) is 10.4. The number of nitrogens with one attached hydrogen (secondary N) is 1. The molecule has 3 N–H and O–H groups in total. The van der Waals surface area contributed by atoms with Crippen molar-refractivity contribution in [3.05, 3.63) is 0 Å². The summed E-state index contributed by atoms with van der Waals surface area (Å²) in [6.45, 7) is 3.85. The first-order valence-corrected chi connectivity index (χ1v) is 6.22. The summed E-state index contributed by atoms with van der Waals surface area (Å²) in [4.78, 5) is 10.9. The fraction of sp³-hybridized carbons (Fsp3) is 0.900. The Hall–Kier alpha value is -0.260. The first-order chi connectivity index (χ1) is 6.96. The minimum atomic E-state index is -0.838. The SMILES string of the molecule is CNC(C)(CCSCC(C)CO)C(=O)O. The average molecular weight is 235 g/mol. The van der Waals surface area contributed by atoms with Gasteiger partial charge in [-0.05, 0) is 37.8 Å². The van der Waals surface area contributed by atoms with Crippen LogP contribution in [0.25, 0.3) is 0 Å². The molecule has 0 spiro atoms. The van der Waals surface area contributed by atoms with Crippen molar-refractivity contribution >= 4 is 17.7 Å². The molecule has 0 heterocycles. The van der Waals surface area contributed by atoms with Crippen molar-refractivity contribution in [2.24, 2.45) is 5.92 Å². The van der Waals surface area contributed by atoms with Crippen LogP contribution in [0.5, 0.6) is 0 Å². The van der Waals surface area contributed by atoms with Gasteiger partial charge in [0.15, 0.2) is 0 Å². The van der Waals surface area contributed by atoms with Gasteiger partial charge in [-0.2, -0.15) is 11.8 Å². The molecule has 0 rings (SSSR count). The average Bonchev–Trinajstić information content (AvgIpc) is 2.23. The van der Waals surface area contributed by atoms with Crippen LogP contribution < -0.4 is 5.32 Å². The molecule has 0 aliphatic heterocycles. The summed E-state index contributed by atoms with van der Waals surface area (Å²) in [6.07, 6.45) is 0.585. The van der Waals surface area contributed by atoms with Crippen LogP contribution in [0.3, 0.4) is 0 Å². The molecule has 2 atom stereocenters. The molecular weight excluding hydrogens is 214 g/mol. The predicted molar refractivity (Wildman–Crippen MR) is 63.3 cm³/mol. The number of thioether (sulfide) groups is 1. The van der Waals surface area contributed by atoms with E-state index in [1.54, 1.807) is 25.7 Å². The van der Waals surface area contributed by atoms with E-state index in [0.717, 1.165) is 11.5 Å². The Labute approximate surface area is 95.4 Å². The van der Waals surface area contributed by atoms with Crippen LogP contribution in [0.15, 0.2) is 0 Å². The summed E-state index contributed by atoms with van der Waals surface area (Å²) < 4.78 is 0. The van der Waals surface area contributed by atoms with Crippen LogP contribution in [0.4, 0.5) is 0 Å². The van der Waals surface area contributed by atoms with Gasteiger partial charge >= 0.3 is 5.97 Å². The standard InChI is InChI=1S/C10H21NO3S/c1-8(6-12)7-15-5-4-10(2,11-3)9(13)14/h8,11-12H,4-7H2,1-3H3,(H,13,14). The number of likely N-dealkylation sites (N-methyl/N-ethyl adjacent to an activating group) is 1. The van der Waals surface area contributed by atoms with E-state index in [-0.39, 0.29) is 12.5 Å². The van der Waals surface area contributed by atoms with Crippen molar-refractivity contribution in [1.82, 2.24) is 5.32 Å². The number of aliphatic hydroxyl groups is 1. The second-order valence-electron chi connectivity index (χ2n) is 4.00. The number of rotatable bonds is 8. The van der Waals surface area contributed by atoms with Crippen LogP contribution in [0.1, 0.15) is 20.3 Å². The molecule has 0 saturated carbocycles. The molecule has 0 aromatic carbocycles. The third-order valence-electron chi connectivity index (χ3n) is 2.48. The smallest absolute Gasteiger partial charge is 0.323 e. The number of aliphatic carboxylic acids is 1. The van der Waals surface area contributed by atoms with Gasteiger partial charge in [0.25, 0.3) is 0 Å². The second kappa shape index (κ2) is 7.09. The summed E-state index contributed by atoms with van der Waals surface area (Å²) in [5.74, 6) is 1.12. The van der Waals surface area contributed by atoms with E-state index in [1.165, 1.54) is 0 Å². The molecule has 0 aromatic heterocycles. The highest BCUT2D eigenvalue weighted by Crippen LogP contribution is 2.16. The molecule has 0 radical (unpaired) electrons. The molecular formula is C10H21NO3S. The van der Waals surface area contributed by atoms with Crippen LogP contribution in [0.2, 0.25) is 0 Å². The summed E-state index contributed by atoms with van der Waals surface area (Å²) in [7, 11) is 1.66. The van der Waals surface area contributed by atoms with Crippen molar-refractivity contribution in [3.63, 3.8) is 0 Å². The molecule has 0 bridgehead atoms. The first-order valence-electron chi connectivity index (χ1n) is 5.07. The molecule has 0 amide bonds. The van der Waals surface area contributed by atoms with E-state index in [9.17, 15) is 4.79 Å². The maximum Gasteiger partial charge on any atom is 0.323 e. The highest BCUT2D eigenvalue weighted by molar-refractivity contribution is 7.99. The molecule has 0 fully saturated rings. The highest BCUT2D eigenvalue weighted by Gasteiger charge is 2.30. The van der Waals surface area contributed by atoms with Crippen molar-refractivity contribution < 1.29 is 15.0 Å². The van der Waals surface area contributed by atoms with E-state index < -0.39 is 11.5 Å². The fourth-order valence-corrected chi connectivity index (χ4v) is 2.18. The minimum absolute atomic E-state index is 0.190. The first kappa shape index (κ1) is 14.7. The monoisotopic (exact) mass is 235 g/mol. The molecule has 2 unspecified atom stereocenters. The number of carboxylic acids is 1. The number of hydrogen-bond acceptors (Lipinski definition) is 4. The molecule has 15 heavy (non-hydrogen) atoms. The van der Waals surface area contributed by atoms with Gasteiger partial charge < -0.3 is 15.5 Å². The quantitative estimate of drug-likeness (QED) is 0.543. The van der Waals surface area contributed by atoms with Crippen molar-refractivity contribution in [2.45, 2.75) is 25.8 Å². The summed E-state index contributed by atoms with van der Waals surface area (Å²) in [5, 5.41) is 20.6. The summed E-state index contributed by atoms with van der Waals surface area (Å²) in [5.41, 5.74) is -0.838. The van der Waals surface area contributed by atoms with Crippen molar-refractivity contribution in [3.8, 4) is 0 Å². The van der Waals surface area contributed by atoms with Crippen molar-refractivity contribution in [2.75, 3.05) is 25.2 Å². The van der Waals surface area contributed by atoms with Crippen LogP contribution in [-0.4, -0.2) is 46.9 Å². The second-order valence-corrected chi connectivity index (χ2v) is 5.15. The maximum atomic E-state index is 10.9. The Kier molecular flexibility index (Phi) is 6.96. The lowest BCUT2D eigenvalue weighted by atomic mass is 10.00. The van der Waals surface area contributed by atoms with E-state index in [1.807, 2.05) is 6.92 Å². The Morgan fingerprint density at radius 3 is 2.60 bits per heavy atom. The van der Waals surface area contributed by atoms with Gasteiger partial charge in [0.05, 0.1) is 0 Å². The lowest BCUT2D eigenvalue weighted by Crippen LogP contribution is -2.47. The number of carbonyl (C=O) groups is 1. The fourth-order valence-electron chi connectivity index (χ4n) is 0.952. The highest BCUT2D eigenvalue weighted by atomic mass is 32.2. The van der Waals surface area contributed by atoms with Gasteiger partial charge in [-0.1, -0.05) is 6.92 Å². The molecule has 0 aromatic rings. The van der Waals surface area contributed by atoms with E-state index >= 15 is 0 Å². The molecule has 90 valence electrons. The minimum Gasteiger partial charge on any atom is -0.480 e. The van der Waals surface area contributed by atoms with Gasteiger partial charge in [0.1, 0.15) is 5.54 Å². The number of carboxylic acid groups (broad SMARTS) is 1. The zero-order chi connectivity index (χ0) is 11.9. The van der Waals surface area contributed by atoms with Gasteiger partial charge in [0.2, 0.25) is 0 Å². The largest absolute Gasteiger partial charge is 0.480 e. The number of aliphatic hydroxyl groups excluding tert-OH is 1. The third-order valence-corrected chi connectivity index (χ3v) is 3.78. The molecule has 5 heteroatoms. The Bertz CT molecular complexity index is 201. The predicted octanol–water partition coefficient (Wildman–Crippen LogP) is 0.801. The van der Waals surface area contributed by atoms with Gasteiger partial charge in [-0.3, -0.25) is 4.79 Å². The van der Waals surface area contributed by atoms with Crippen LogP contribution in [-0.2, 0) is 4.79 Å². The Morgan fingerprint density at radius 1 is 1.60 bits per heavy atom. The molecule has 4 nitrogen and oxygen atoms in total. The maximum absolute atomic E-state index is 10.9. The van der Waals surface area contributed by atoms with E-state index in [2.05, 4.69) is 5.32 Å². The van der Waals surface area contributed by atoms with Crippen LogP contribution >= 0.6 is 11.8 Å². The molecule has 0 aliphatic carbocycles. The summed E-state index contributed by atoms with van der Waals surface area (Å²) in [6, 6.07) is 0. The number of hydrogen-bond donors (Lipinski definition) is 3. The topological polar surface area (TPSA) is 69.6 Å². The van der Waals surface area contributed by atoms with Crippen LogP contribution in [0, 0.1) is 5.92 Å². The third kappa shape index (κ3) is 5.39. The zero-order valence-electron chi connectivity index (χ0n) is 9.62. The Morgan fingerprint density at radius 2 is 2.20 bits per heavy atom. The lowest BCUT2D eigenvalue weighted by Gasteiger charge is -2.23. The summed E-state index contributed by atoms with van der Waals surface area (Å²) >= 11 is 1.68. The van der Waals surface area contributed by atoms with E-state index in [4.69, 9.17) is 10.2 Å². The normalized spacial score (nSPS) is 17.1. The lowest BCUT2D eigenvalue weighted by molar-refractivity contribution is -0.144. The van der Waals surface area contributed by atoms with Gasteiger partial charge in [-0.15, -0.1) is 0 Å². The Balaban J connectivity index is 3.78. The van der Waals surface area contributed by atoms with Gasteiger partial charge in [0, 0.05) is 6.61 Å².